The van der Waals surface area contributed by atoms with Crippen molar-refractivity contribution < 1.29 is 22.7 Å². The van der Waals surface area contributed by atoms with Gasteiger partial charge in [0.1, 0.15) is 0 Å². The molecule has 2 N–H and O–H groups in total. The normalized spacial score (nSPS) is 10.9. The molecule has 0 heterocycles. The Bertz CT molecular complexity index is 921. The van der Waals surface area contributed by atoms with Crippen molar-refractivity contribution in [3.8, 4) is 0 Å². The van der Waals surface area contributed by atoms with Crippen LogP contribution in [0.5, 0.6) is 0 Å². The maximum absolute atomic E-state index is 12.5. The summed E-state index contributed by atoms with van der Waals surface area (Å²) in [5.41, 5.74) is 1.98. The van der Waals surface area contributed by atoms with Gasteiger partial charge in [0.05, 0.1) is 17.1 Å². The minimum atomic E-state index is -3.81. The van der Waals surface area contributed by atoms with Crippen LogP contribution in [0.15, 0.2) is 47.4 Å². The summed E-state index contributed by atoms with van der Waals surface area (Å²) in [4.78, 5) is 22.8. The van der Waals surface area contributed by atoms with E-state index in [1.165, 1.54) is 31.2 Å². The van der Waals surface area contributed by atoms with Crippen molar-refractivity contribution in [3.05, 3.63) is 53.6 Å². The summed E-state index contributed by atoms with van der Waals surface area (Å²) in [6, 6.07) is 10.3. The number of anilines is 2. The van der Waals surface area contributed by atoms with E-state index in [-0.39, 0.29) is 23.0 Å². The molecule has 26 heavy (non-hydrogen) atoms. The van der Waals surface area contributed by atoms with Crippen LogP contribution >= 0.6 is 0 Å². The number of benzene rings is 2. The van der Waals surface area contributed by atoms with E-state index in [0.29, 0.717) is 11.4 Å². The van der Waals surface area contributed by atoms with Gasteiger partial charge in [-0.15, -0.1) is 0 Å². The third-order valence-electron chi connectivity index (χ3n) is 3.47. The minimum absolute atomic E-state index is 0.0224. The van der Waals surface area contributed by atoms with Gasteiger partial charge in [0.2, 0.25) is 5.91 Å². The minimum Gasteiger partial charge on any atom is -0.462 e. The fraction of sp³-hybridized carbons (Fsp3) is 0.222. The van der Waals surface area contributed by atoms with Gasteiger partial charge in [-0.3, -0.25) is 9.52 Å². The summed E-state index contributed by atoms with van der Waals surface area (Å²) in [5, 5.41) is 2.66. The lowest BCUT2D eigenvalue weighted by Crippen LogP contribution is -2.14. The molecule has 0 aromatic heterocycles. The monoisotopic (exact) mass is 376 g/mol. The van der Waals surface area contributed by atoms with Crippen molar-refractivity contribution in [1.82, 2.24) is 0 Å². The first-order valence-corrected chi connectivity index (χ1v) is 9.39. The van der Waals surface area contributed by atoms with Crippen LogP contribution in [0.1, 0.15) is 29.8 Å². The Labute approximate surface area is 152 Å². The van der Waals surface area contributed by atoms with Crippen molar-refractivity contribution in [2.75, 3.05) is 16.6 Å². The van der Waals surface area contributed by atoms with Gasteiger partial charge in [-0.1, -0.05) is 0 Å². The molecule has 0 aliphatic rings. The highest BCUT2D eigenvalue weighted by Crippen LogP contribution is 2.22. The molecule has 2 aromatic rings. The summed E-state index contributed by atoms with van der Waals surface area (Å²) >= 11 is 0. The molecular weight excluding hydrogens is 356 g/mol. The Morgan fingerprint density at radius 3 is 2.27 bits per heavy atom. The second-order valence-corrected chi connectivity index (χ2v) is 7.24. The predicted molar refractivity (Wildman–Crippen MR) is 98.7 cm³/mol. The Balaban J connectivity index is 2.19. The summed E-state index contributed by atoms with van der Waals surface area (Å²) in [5.74, 6) is -0.711. The van der Waals surface area contributed by atoms with Crippen LogP contribution < -0.4 is 10.0 Å². The van der Waals surface area contributed by atoms with Gasteiger partial charge >= 0.3 is 5.97 Å². The second-order valence-electron chi connectivity index (χ2n) is 5.56. The zero-order valence-electron chi connectivity index (χ0n) is 14.7. The van der Waals surface area contributed by atoms with Crippen molar-refractivity contribution in [2.24, 2.45) is 0 Å². The number of carbonyl (C=O) groups excluding carboxylic acids is 2. The highest BCUT2D eigenvalue weighted by molar-refractivity contribution is 7.92. The van der Waals surface area contributed by atoms with E-state index in [1.54, 1.807) is 32.0 Å². The first-order valence-electron chi connectivity index (χ1n) is 7.91. The lowest BCUT2D eigenvalue weighted by Gasteiger charge is -2.12. The molecular formula is C18H20N2O5S. The van der Waals surface area contributed by atoms with E-state index in [1.807, 2.05) is 0 Å². The van der Waals surface area contributed by atoms with Crippen molar-refractivity contribution in [2.45, 2.75) is 25.7 Å². The molecule has 7 nitrogen and oxygen atoms in total. The third kappa shape index (κ3) is 4.82. The first kappa shape index (κ1) is 19.5. The van der Waals surface area contributed by atoms with E-state index < -0.39 is 16.0 Å². The number of rotatable bonds is 6. The molecule has 0 aliphatic carbocycles. The highest BCUT2D eigenvalue weighted by atomic mass is 32.2. The number of amides is 1. The number of sulfonamides is 1. The van der Waals surface area contributed by atoms with Gasteiger partial charge < -0.3 is 10.1 Å². The van der Waals surface area contributed by atoms with E-state index in [4.69, 9.17) is 4.74 Å². The van der Waals surface area contributed by atoms with Crippen LogP contribution in [-0.2, 0) is 19.6 Å². The number of hydrogen-bond donors (Lipinski definition) is 2. The average molecular weight is 376 g/mol. The molecule has 0 radical (unpaired) electrons. The maximum atomic E-state index is 12.5. The average Bonchev–Trinajstić information content (AvgIpc) is 2.57. The van der Waals surface area contributed by atoms with Crippen LogP contribution in [0.3, 0.4) is 0 Å². The first-order chi connectivity index (χ1) is 12.2. The molecule has 2 rings (SSSR count). The van der Waals surface area contributed by atoms with E-state index in [9.17, 15) is 18.0 Å². The molecule has 138 valence electrons. The van der Waals surface area contributed by atoms with E-state index in [2.05, 4.69) is 10.0 Å². The van der Waals surface area contributed by atoms with Crippen LogP contribution in [0.4, 0.5) is 11.4 Å². The number of ether oxygens (including phenoxy) is 1. The van der Waals surface area contributed by atoms with Crippen LogP contribution in [0, 0.1) is 6.92 Å². The van der Waals surface area contributed by atoms with Crippen LogP contribution in [0.25, 0.3) is 0 Å². The lowest BCUT2D eigenvalue weighted by molar-refractivity contribution is -0.114. The molecule has 0 spiro atoms. The number of nitrogens with one attached hydrogen (secondary N) is 2. The standard InChI is InChI=1S/C18H20N2O5S/c1-4-25-18(22)14-5-8-16(9-6-14)26(23,24)20-15-7-10-17(12(2)11-15)19-13(3)21/h5-11,20H,4H2,1-3H3,(H,19,21). The van der Waals surface area contributed by atoms with E-state index in [0.717, 1.165) is 5.56 Å². The Morgan fingerprint density at radius 1 is 1.08 bits per heavy atom. The molecule has 0 unspecified atom stereocenters. The fourth-order valence-corrected chi connectivity index (χ4v) is 3.31. The number of esters is 1. The summed E-state index contributed by atoms with van der Waals surface area (Å²) in [6.45, 7) is 5.10. The second kappa shape index (κ2) is 8.01. The molecule has 0 saturated heterocycles. The smallest absolute Gasteiger partial charge is 0.338 e. The SMILES string of the molecule is CCOC(=O)c1ccc(S(=O)(=O)Nc2ccc(NC(C)=O)c(C)c2)cc1. The van der Waals surface area contributed by atoms with Gasteiger partial charge in [-0.25, -0.2) is 13.2 Å². The Morgan fingerprint density at radius 2 is 1.73 bits per heavy atom. The van der Waals surface area contributed by atoms with Gasteiger partial charge in [0.15, 0.2) is 0 Å². The topological polar surface area (TPSA) is 102 Å². The largest absolute Gasteiger partial charge is 0.462 e. The molecule has 0 bridgehead atoms. The third-order valence-corrected chi connectivity index (χ3v) is 4.86. The molecule has 0 saturated carbocycles. The predicted octanol–water partition coefficient (Wildman–Crippen LogP) is 2.93. The zero-order chi connectivity index (χ0) is 19.3. The van der Waals surface area contributed by atoms with Gasteiger partial charge in [0.25, 0.3) is 10.0 Å². The van der Waals surface area contributed by atoms with Crippen molar-refractivity contribution in [3.63, 3.8) is 0 Å². The molecule has 2 aromatic carbocycles. The molecule has 8 heteroatoms. The number of carbonyl (C=O) groups is 2. The Hall–Kier alpha value is -2.87. The summed E-state index contributed by atoms with van der Waals surface area (Å²) < 4.78 is 32.3. The lowest BCUT2D eigenvalue weighted by atomic mass is 10.2. The van der Waals surface area contributed by atoms with Gasteiger partial charge in [-0.2, -0.15) is 0 Å². The Kier molecular flexibility index (Phi) is 5.99. The summed E-state index contributed by atoms with van der Waals surface area (Å²) in [6.07, 6.45) is 0. The highest BCUT2D eigenvalue weighted by Gasteiger charge is 2.16. The fourth-order valence-electron chi connectivity index (χ4n) is 2.26. The number of aryl methyl sites for hydroxylation is 1. The van der Waals surface area contributed by atoms with E-state index >= 15 is 0 Å². The molecule has 0 aliphatic heterocycles. The quantitative estimate of drug-likeness (QED) is 0.755. The molecule has 0 fully saturated rings. The van der Waals surface area contributed by atoms with Crippen LogP contribution in [0.2, 0.25) is 0 Å². The van der Waals surface area contributed by atoms with Crippen molar-refractivity contribution in [1.29, 1.82) is 0 Å². The maximum Gasteiger partial charge on any atom is 0.338 e. The summed E-state index contributed by atoms with van der Waals surface area (Å²) in [7, 11) is -3.81. The molecule has 1 amide bonds. The van der Waals surface area contributed by atoms with Crippen molar-refractivity contribution >= 4 is 33.3 Å². The van der Waals surface area contributed by atoms with Crippen LogP contribution in [-0.4, -0.2) is 26.9 Å². The number of hydrogen-bond acceptors (Lipinski definition) is 5. The zero-order valence-corrected chi connectivity index (χ0v) is 15.5. The van der Waals surface area contributed by atoms with Gasteiger partial charge in [-0.05, 0) is 61.9 Å². The van der Waals surface area contributed by atoms with Gasteiger partial charge in [0, 0.05) is 18.3 Å². The molecule has 0 atom stereocenters.